The Morgan fingerprint density at radius 3 is 2.71 bits per heavy atom. The maximum absolute atomic E-state index is 12.7. The normalized spacial score (nSPS) is 12.5. The predicted octanol–water partition coefficient (Wildman–Crippen LogP) is 4.62. The van der Waals surface area contributed by atoms with Crippen molar-refractivity contribution in [2.45, 2.75) is 6.42 Å². The minimum atomic E-state index is -0.274. The summed E-state index contributed by atoms with van der Waals surface area (Å²) in [5.74, 6) is 0.286. The molecule has 0 bridgehead atoms. The van der Waals surface area contributed by atoms with Crippen LogP contribution in [0.15, 0.2) is 60.0 Å². The minimum Gasteiger partial charge on any atom is -0.484 e. The smallest absolute Gasteiger partial charge is 0.268 e. The molecular formula is C21H17ClN2O3S. The molecule has 0 fully saturated rings. The highest BCUT2D eigenvalue weighted by Crippen LogP contribution is 2.32. The van der Waals surface area contributed by atoms with Gasteiger partial charge < -0.3 is 15.0 Å². The van der Waals surface area contributed by atoms with Gasteiger partial charge in [0.05, 0.1) is 4.88 Å². The maximum Gasteiger partial charge on any atom is 0.268 e. The topological polar surface area (TPSA) is 58.6 Å². The molecule has 1 N–H and O–H groups in total. The number of fused-ring (bicyclic) bond motifs is 1. The average molecular weight is 413 g/mol. The van der Waals surface area contributed by atoms with Gasteiger partial charge in [-0.05, 0) is 59.8 Å². The molecule has 1 aliphatic heterocycles. The van der Waals surface area contributed by atoms with Gasteiger partial charge in [0.15, 0.2) is 6.61 Å². The zero-order valence-corrected chi connectivity index (χ0v) is 16.4. The molecule has 1 aliphatic rings. The van der Waals surface area contributed by atoms with Crippen molar-refractivity contribution in [1.82, 2.24) is 0 Å². The highest BCUT2D eigenvalue weighted by molar-refractivity contribution is 7.12. The van der Waals surface area contributed by atoms with Crippen LogP contribution in [-0.2, 0) is 11.2 Å². The van der Waals surface area contributed by atoms with E-state index in [0.717, 1.165) is 17.7 Å². The molecule has 2 heterocycles. The molecular weight excluding hydrogens is 396 g/mol. The van der Waals surface area contributed by atoms with Crippen molar-refractivity contribution in [2.24, 2.45) is 0 Å². The van der Waals surface area contributed by atoms with Crippen LogP contribution < -0.4 is 15.0 Å². The molecule has 0 saturated heterocycles. The number of ether oxygens (including phenoxy) is 1. The number of carbonyl (C=O) groups excluding carboxylic acids is 2. The van der Waals surface area contributed by atoms with Gasteiger partial charge in [0.25, 0.3) is 11.8 Å². The van der Waals surface area contributed by atoms with Crippen molar-refractivity contribution in [3.8, 4) is 5.75 Å². The Bertz CT molecular complexity index is 1000. The first-order valence-electron chi connectivity index (χ1n) is 8.77. The number of rotatable bonds is 5. The second-order valence-electron chi connectivity index (χ2n) is 6.32. The van der Waals surface area contributed by atoms with E-state index in [1.54, 1.807) is 29.2 Å². The van der Waals surface area contributed by atoms with E-state index in [9.17, 15) is 9.59 Å². The van der Waals surface area contributed by atoms with Crippen LogP contribution in [0.1, 0.15) is 15.2 Å². The molecule has 0 spiro atoms. The molecule has 4 rings (SSSR count). The Morgan fingerprint density at radius 2 is 1.96 bits per heavy atom. The molecule has 7 heteroatoms. The third-order valence-corrected chi connectivity index (χ3v) is 5.54. The summed E-state index contributed by atoms with van der Waals surface area (Å²) >= 11 is 7.26. The molecule has 3 aromatic rings. The second kappa shape index (κ2) is 8.04. The minimum absolute atomic E-state index is 0.0108. The Kier molecular flexibility index (Phi) is 5.32. The SMILES string of the molecule is O=C(COc1ccc(Cl)cc1)Nc1ccc2c(c1)N(C(=O)c1cccs1)CC2. The molecule has 2 amide bonds. The van der Waals surface area contributed by atoms with Gasteiger partial charge in [-0.2, -0.15) is 0 Å². The van der Waals surface area contributed by atoms with Gasteiger partial charge in [-0.1, -0.05) is 23.7 Å². The molecule has 142 valence electrons. The summed E-state index contributed by atoms with van der Waals surface area (Å²) in [6.45, 7) is 0.527. The van der Waals surface area contributed by atoms with E-state index in [2.05, 4.69) is 5.32 Å². The summed E-state index contributed by atoms with van der Waals surface area (Å²) in [4.78, 5) is 27.4. The van der Waals surface area contributed by atoms with Gasteiger partial charge in [0, 0.05) is 22.9 Å². The van der Waals surface area contributed by atoms with E-state index in [1.165, 1.54) is 11.3 Å². The number of thiophene rings is 1. The fourth-order valence-corrected chi connectivity index (χ4v) is 3.88. The zero-order valence-electron chi connectivity index (χ0n) is 14.9. The Morgan fingerprint density at radius 1 is 1.14 bits per heavy atom. The van der Waals surface area contributed by atoms with Crippen LogP contribution >= 0.6 is 22.9 Å². The van der Waals surface area contributed by atoms with E-state index < -0.39 is 0 Å². The van der Waals surface area contributed by atoms with Gasteiger partial charge in [-0.3, -0.25) is 9.59 Å². The number of anilines is 2. The van der Waals surface area contributed by atoms with E-state index in [0.29, 0.717) is 27.9 Å². The molecule has 2 aromatic carbocycles. The predicted molar refractivity (Wildman–Crippen MR) is 112 cm³/mol. The third kappa shape index (κ3) is 4.03. The summed E-state index contributed by atoms with van der Waals surface area (Å²) in [5.41, 5.74) is 2.57. The highest BCUT2D eigenvalue weighted by Gasteiger charge is 2.26. The van der Waals surface area contributed by atoms with Crippen LogP contribution in [0.5, 0.6) is 5.75 Å². The summed E-state index contributed by atoms with van der Waals surface area (Å²) in [6, 6.07) is 16.1. The fourth-order valence-electron chi connectivity index (χ4n) is 3.08. The van der Waals surface area contributed by atoms with Crippen molar-refractivity contribution >= 4 is 46.1 Å². The van der Waals surface area contributed by atoms with Crippen LogP contribution in [-0.4, -0.2) is 25.0 Å². The van der Waals surface area contributed by atoms with Gasteiger partial charge in [-0.25, -0.2) is 0 Å². The number of halogens is 1. The van der Waals surface area contributed by atoms with Gasteiger partial charge in [0.2, 0.25) is 0 Å². The van der Waals surface area contributed by atoms with Crippen molar-refractivity contribution < 1.29 is 14.3 Å². The summed E-state index contributed by atoms with van der Waals surface area (Å²) < 4.78 is 5.46. The number of carbonyl (C=O) groups is 2. The first-order chi connectivity index (χ1) is 13.6. The molecule has 0 saturated carbocycles. The lowest BCUT2D eigenvalue weighted by Crippen LogP contribution is -2.28. The number of amides is 2. The second-order valence-corrected chi connectivity index (χ2v) is 7.70. The molecule has 1 aromatic heterocycles. The van der Waals surface area contributed by atoms with Gasteiger partial charge in [0.1, 0.15) is 5.75 Å². The average Bonchev–Trinajstić information content (AvgIpc) is 3.37. The molecule has 0 unspecified atom stereocenters. The summed E-state index contributed by atoms with van der Waals surface area (Å²) in [7, 11) is 0. The number of nitrogens with one attached hydrogen (secondary N) is 1. The monoisotopic (exact) mass is 412 g/mol. The van der Waals surface area contributed by atoms with Crippen molar-refractivity contribution in [2.75, 3.05) is 23.4 Å². The molecule has 28 heavy (non-hydrogen) atoms. The van der Waals surface area contributed by atoms with E-state index in [-0.39, 0.29) is 18.4 Å². The standard InChI is InChI=1S/C21H17ClN2O3S/c22-15-4-7-17(8-5-15)27-13-20(25)23-16-6-3-14-9-10-24(18(14)12-16)21(26)19-2-1-11-28-19/h1-8,11-12H,9-10,13H2,(H,23,25). The van der Waals surface area contributed by atoms with Crippen molar-refractivity contribution in [3.05, 3.63) is 75.4 Å². The Labute approximate surface area is 171 Å². The lowest BCUT2D eigenvalue weighted by Gasteiger charge is -2.17. The largest absolute Gasteiger partial charge is 0.484 e. The first kappa shape index (κ1) is 18.5. The summed E-state index contributed by atoms with van der Waals surface area (Å²) in [6.07, 6.45) is 0.806. The zero-order chi connectivity index (χ0) is 19.5. The van der Waals surface area contributed by atoms with Crippen LogP contribution in [0.3, 0.4) is 0 Å². The molecule has 0 aliphatic carbocycles. The van der Waals surface area contributed by atoms with Gasteiger partial charge >= 0.3 is 0 Å². The lowest BCUT2D eigenvalue weighted by molar-refractivity contribution is -0.118. The van der Waals surface area contributed by atoms with Crippen LogP contribution in [0.25, 0.3) is 0 Å². The van der Waals surface area contributed by atoms with E-state index >= 15 is 0 Å². The fraction of sp³-hybridized carbons (Fsp3) is 0.143. The molecule has 0 atom stereocenters. The molecule has 5 nitrogen and oxygen atoms in total. The van der Waals surface area contributed by atoms with E-state index in [1.807, 2.05) is 35.7 Å². The van der Waals surface area contributed by atoms with Crippen LogP contribution in [0.4, 0.5) is 11.4 Å². The van der Waals surface area contributed by atoms with Crippen LogP contribution in [0, 0.1) is 0 Å². The Balaban J connectivity index is 1.42. The van der Waals surface area contributed by atoms with Crippen LogP contribution in [0.2, 0.25) is 5.02 Å². The number of hydrogen-bond donors (Lipinski definition) is 1. The lowest BCUT2D eigenvalue weighted by atomic mass is 10.1. The van der Waals surface area contributed by atoms with Gasteiger partial charge in [-0.15, -0.1) is 11.3 Å². The summed E-state index contributed by atoms with van der Waals surface area (Å²) in [5, 5.41) is 5.32. The third-order valence-electron chi connectivity index (χ3n) is 4.43. The Hall–Kier alpha value is -2.83. The van der Waals surface area contributed by atoms with Crippen molar-refractivity contribution in [1.29, 1.82) is 0 Å². The number of nitrogens with zero attached hydrogens (tertiary/aromatic N) is 1. The molecule has 0 radical (unpaired) electrons. The quantitative estimate of drug-likeness (QED) is 0.665. The van der Waals surface area contributed by atoms with E-state index in [4.69, 9.17) is 16.3 Å². The maximum atomic E-state index is 12.7. The first-order valence-corrected chi connectivity index (χ1v) is 10.0. The number of benzene rings is 2. The van der Waals surface area contributed by atoms with Crippen molar-refractivity contribution in [3.63, 3.8) is 0 Å². The number of hydrogen-bond acceptors (Lipinski definition) is 4. The highest BCUT2D eigenvalue weighted by atomic mass is 35.5.